The van der Waals surface area contributed by atoms with Crippen molar-refractivity contribution in [1.29, 1.82) is 0 Å². The Morgan fingerprint density at radius 2 is 2.18 bits per heavy atom. The molecule has 0 saturated carbocycles. The maximum Gasteiger partial charge on any atom is 0.184 e. The highest BCUT2D eigenvalue weighted by Crippen LogP contribution is 2.26. The van der Waals surface area contributed by atoms with Gasteiger partial charge in [-0.1, -0.05) is 12.1 Å². The molecule has 0 radical (unpaired) electrons. The zero-order chi connectivity index (χ0) is 12.1. The lowest BCUT2D eigenvalue weighted by atomic mass is 10.2. The van der Waals surface area contributed by atoms with Crippen molar-refractivity contribution in [3.8, 4) is 17.1 Å². The van der Waals surface area contributed by atoms with Crippen LogP contribution in [0.5, 0.6) is 5.75 Å². The highest BCUT2D eigenvalue weighted by Gasteiger charge is 2.10. The Kier molecular flexibility index (Phi) is 3.72. The lowest BCUT2D eigenvalue weighted by Crippen LogP contribution is -2.01. The number of nitrogens with zero attached hydrogens (tertiary/aromatic N) is 2. The van der Waals surface area contributed by atoms with Gasteiger partial charge in [0.05, 0.1) is 12.7 Å². The minimum absolute atomic E-state index is 0.657. The maximum atomic E-state index is 5.46. The van der Waals surface area contributed by atoms with Crippen LogP contribution in [0.15, 0.2) is 24.3 Å². The number of H-pyrrole nitrogens is 1. The summed E-state index contributed by atoms with van der Waals surface area (Å²) in [7, 11) is 1.64. The van der Waals surface area contributed by atoms with E-state index in [-0.39, 0.29) is 0 Å². The average molecular weight is 232 g/mol. The Balaban J connectivity index is 2.24. The van der Waals surface area contributed by atoms with Gasteiger partial charge in [0.1, 0.15) is 11.6 Å². The molecule has 0 aliphatic carbocycles. The summed E-state index contributed by atoms with van der Waals surface area (Å²) in [6.07, 6.45) is 1.72. The second-order valence-electron chi connectivity index (χ2n) is 3.70. The van der Waals surface area contributed by atoms with Crippen LogP contribution in [0.4, 0.5) is 0 Å². The number of hydrogen-bond acceptors (Lipinski definition) is 4. The molecular weight excluding hydrogens is 216 g/mol. The Bertz CT molecular complexity index is 481. The number of methoxy groups -OCH3 is 1. The van der Waals surface area contributed by atoms with Crippen LogP contribution >= 0.6 is 0 Å². The molecule has 17 heavy (non-hydrogen) atoms. The third-order valence-electron chi connectivity index (χ3n) is 2.50. The van der Waals surface area contributed by atoms with Gasteiger partial charge in [0.25, 0.3) is 0 Å². The molecule has 0 fully saturated rings. The van der Waals surface area contributed by atoms with E-state index in [9.17, 15) is 0 Å². The predicted octanol–water partition coefficient (Wildman–Crippen LogP) is 1.37. The highest BCUT2D eigenvalue weighted by molar-refractivity contribution is 5.63. The first-order chi connectivity index (χ1) is 8.35. The average Bonchev–Trinajstić information content (AvgIpc) is 2.85. The Morgan fingerprint density at radius 1 is 1.35 bits per heavy atom. The molecule has 1 heterocycles. The van der Waals surface area contributed by atoms with Gasteiger partial charge in [-0.25, -0.2) is 4.98 Å². The normalized spacial score (nSPS) is 10.5. The molecule has 1 aromatic carbocycles. The van der Waals surface area contributed by atoms with E-state index in [1.807, 2.05) is 24.3 Å². The van der Waals surface area contributed by atoms with Crippen LogP contribution in [0.3, 0.4) is 0 Å². The Morgan fingerprint density at radius 3 is 2.94 bits per heavy atom. The number of hydrogen-bond donors (Lipinski definition) is 2. The minimum Gasteiger partial charge on any atom is -0.496 e. The largest absolute Gasteiger partial charge is 0.496 e. The van der Waals surface area contributed by atoms with Crippen LogP contribution in [0.25, 0.3) is 11.4 Å². The van der Waals surface area contributed by atoms with Crippen LogP contribution in [0.2, 0.25) is 0 Å². The number of nitrogens with two attached hydrogens (primary N) is 1. The summed E-state index contributed by atoms with van der Waals surface area (Å²) in [6, 6.07) is 7.69. The molecule has 2 rings (SSSR count). The third kappa shape index (κ3) is 2.62. The van der Waals surface area contributed by atoms with Crippen molar-refractivity contribution in [2.75, 3.05) is 13.7 Å². The summed E-state index contributed by atoms with van der Waals surface area (Å²) < 4.78 is 5.28. The second-order valence-corrected chi connectivity index (χ2v) is 3.70. The van der Waals surface area contributed by atoms with E-state index >= 15 is 0 Å². The summed E-state index contributed by atoms with van der Waals surface area (Å²) in [5.74, 6) is 2.29. The first-order valence-electron chi connectivity index (χ1n) is 5.60. The SMILES string of the molecule is COc1ccccc1-c1n[nH]c(CCCN)n1. The van der Waals surface area contributed by atoms with Crippen molar-refractivity contribution in [2.24, 2.45) is 5.73 Å². The van der Waals surface area contributed by atoms with E-state index < -0.39 is 0 Å². The molecule has 1 aromatic heterocycles. The van der Waals surface area contributed by atoms with Crippen LogP contribution in [0.1, 0.15) is 12.2 Å². The summed E-state index contributed by atoms with van der Waals surface area (Å²) in [5.41, 5.74) is 6.35. The molecule has 0 unspecified atom stereocenters. The quantitative estimate of drug-likeness (QED) is 0.816. The first kappa shape index (κ1) is 11.6. The van der Waals surface area contributed by atoms with Crippen LogP contribution in [0, 0.1) is 0 Å². The van der Waals surface area contributed by atoms with Gasteiger partial charge in [0.15, 0.2) is 5.82 Å². The van der Waals surface area contributed by atoms with Crippen molar-refractivity contribution in [1.82, 2.24) is 15.2 Å². The fourth-order valence-electron chi connectivity index (χ4n) is 1.63. The Labute approximate surface area is 100 Å². The number of para-hydroxylation sites is 1. The minimum atomic E-state index is 0.657. The van der Waals surface area contributed by atoms with E-state index in [0.717, 1.165) is 30.0 Å². The second kappa shape index (κ2) is 5.45. The van der Waals surface area contributed by atoms with E-state index in [4.69, 9.17) is 10.5 Å². The number of benzene rings is 1. The molecule has 0 saturated heterocycles. The number of rotatable bonds is 5. The van der Waals surface area contributed by atoms with Crippen LogP contribution < -0.4 is 10.5 Å². The molecule has 90 valence electrons. The van der Waals surface area contributed by atoms with Gasteiger partial charge in [0.2, 0.25) is 0 Å². The lowest BCUT2D eigenvalue weighted by molar-refractivity contribution is 0.416. The summed E-state index contributed by atoms with van der Waals surface area (Å²) in [5, 5.41) is 7.11. The van der Waals surface area contributed by atoms with Crippen molar-refractivity contribution >= 4 is 0 Å². The van der Waals surface area contributed by atoms with Crippen molar-refractivity contribution < 1.29 is 4.74 Å². The van der Waals surface area contributed by atoms with Crippen molar-refractivity contribution in [3.05, 3.63) is 30.1 Å². The molecule has 5 heteroatoms. The number of nitrogens with one attached hydrogen (secondary N) is 1. The van der Waals surface area contributed by atoms with Gasteiger partial charge in [0, 0.05) is 6.42 Å². The monoisotopic (exact) mass is 232 g/mol. The van der Waals surface area contributed by atoms with E-state index in [1.54, 1.807) is 7.11 Å². The van der Waals surface area contributed by atoms with Gasteiger partial charge in [-0.2, -0.15) is 5.10 Å². The first-order valence-corrected chi connectivity index (χ1v) is 5.60. The Hall–Kier alpha value is -1.88. The van der Waals surface area contributed by atoms with Crippen molar-refractivity contribution in [2.45, 2.75) is 12.8 Å². The van der Waals surface area contributed by atoms with E-state index in [2.05, 4.69) is 15.2 Å². The molecule has 3 N–H and O–H groups in total. The zero-order valence-electron chi connectivity index (χ0n) is 9.81. The van der Waals surface area contributed by atoms with Crippen molar-refractivity contribution in [3.63, 3.8) is 0 Å². The molecule has 0 amide bonds. The number of aromatic nitrogens is 3. The van der Waals surface area contributed by atoms with Gasteiger partial charge in [-0.05, 0) is 25.1 Å². The van der Waals surface area contributed by atoms with Crippen LogP contribution in [-0.2, 0) is 6.42 Å². The zero-order valence-corrected chi connectivity index (χ0v) is 9.81. The summed E-state index contributed by atoms with van der Waals surface area (Å²) in [4.78, 5) is 4.42. The molecule has 2 aromatic rings. The van der Waals surface area contributed by atoms with Gasteiger partial charge < -0.3 is 10.5 Å². The summed E-state index contributed by atoms with van der Waals surface area (Å²) in [6.45, 7) is 0.657. The smallest absolute Gasteiger partial charge is 0.184 e. The number of aromatic amines is 1. The van der Waals surface area contributed by atoms with Gasteiger partial charge in [-0.15, -0.1) is 0 Å². The molecular formula is C12H16N4O. The third-order valence-corrected chi connectivity index (χ3v) is 2.50. The predicted molar refractivity (Wildman–Crippen MR) is 65.7 cm³/mol. The van der Waals surface area contributed by atoms with Gasteiger partial charge in [-0.3, -0.25) is 5.10 Å². The summed E-state index contributed by atoms with van der Waals surface area (Å²) >= 11 is 0. The maximum absolute atomic E-state index is 5.46. The lowest BCUT2D eigenvalue weighted by Gasteiger charge is -2.03. The molecule has 0 aliphatic heterocycles. The standard InChI is InChI=1S/C12H16N4O/c1-17-10-6-3-2-5-9(10)12-14-11(15-16-12)7-4-8-13/h2-3,5-6H,4,7-8,13H2,1H3,(H,14,15,16). The van der Waals surface area contributed by atoms with Gasteiger partial charge >= 0.3 is 0 Å². The topological polar surface area (TPSA) is 76.8 Å². The highest BCUT2D eigenvalue weighted by atomic mass is 16.5. The molecule has 0 atom stereocenters. The molecule has 0 bridgehead atoms. The van der Waals surface area contributed by atoms with Crippen LogP contribution in [-0.4, -0.2) is 28.8 Å². The number of aryl methyl sites for hydroxylation is 1. The fourth-order valence-corrected chi connectivity index (χ4v) is 1.63. The van der Waals surface area contributed by atoms with E-state index in [0.29, 0.717) is 12.4 Å². The van der Waals surface area contributed by atoms with E-state index in [1.165, 1.54) is 0 Å². The molecule has 5 nitrogen and oxygen atoms in total. The molecule has 0 aliphatic rings. The fraction of sp³-hybridized carbons (Fsp3) is 0.333. The number of ether oxygens (including phenoxy) is 1. The molecule has 0 spiro atoms.